The fourth-order valence-electron chi connectivity index (χ4n) is 1.11. The number of benzene rings is 1. The minimum absolute atomic E-state index is 0.237. The van der Waals surface area contributed by atoms with Crippen molar-refractivity contribution in [3.63, 3.8) is 0 Å². The summed E-state index contributed by atoms with van der Waals surface area (Å²) in [4.78, 5) is 10.9. The van der Waals surface area contributed by atoms with Crippen LogP contribution >= 0.6 is 0 Å². The smallest absolute Gasteiger partial charge is 0.310 e. The van der Waals surface area contributed by atoms with Gasteiger partial charge >= 0.3 is 5.97 Å². The van der Waals surface area contributed by atoms with Crippen molar-refractivity contribution >= 4 is 5.97 Å². The molecule has 1 aliphatic rings. The maximum atomic E-state index is 10.9. The number of carbonyl (C=O) groups is 1. The lowest BCUT2D eigenvalue weighted by molar-refractivity contribution is -0.139. The first-order chi connectivity index (χ1) is 5.81. The van der Waals surface area contributed by atoms with Gasteiger partial charge in [0.05, 0.1) is 13.5 Å². The van der Waals surface area contributed by atoms with Crippen molar-refractivity contribution in [1.29, 1.82) is 0 Å². The molecule has 0 unspecified atom stereocenters. The van der Waals surface area contributed by atoms with E-state index in [1.54, 1.807) is 0 Å². The third kappa shape index (κ3) is 1.13. The molecule has 2 rings (SSSR count). The van der Waals surface area contributed by atoms with Gasteiger partial charge < -0.3 is 9.47 Å². The molecule has 0 saturated carbocycles. The second-order valence-electron chi connectivity index (χ2n) is 2.60. The molecule has 0 bridgehead atoms. The quantitative estimate of drug-likeness (QED) is 0.498. The van der Waals surface area contributed by atoms with Crippen LogP contribution in [0.1, 0.15) is 5.56 Å². The number of hydrogen-bond donors (Lipinski definition) is 0. The van der Waals surface area contributed by atoms with Crippen LogP contribution in [0, 0.1) is 0 Å². The molecule has 0 spiro atoms. The van der Waals surface area contributed by atoms with Crippen molar-refractivity contribution in [2.45, 2.75) is 6.42 Å². The van der Waals surface area contributed by atoms with Gasteiger partial charge in [0.2, 0.25) is 0 Å². The lowest BCUT2D eigenvalue weighted by Crippen LogP contribution is -2.03. The van der Waals surface area contributed by atoms with E-state index >= 15 is 0 Å². The van der Waals surface area contributed by atoms with E-state index in [4.69, 9.17) is 4.74 Å². The van der Waals surface area contributed by atoms with E-state index in [0.717, 1.165) is 17.1 Å². The van der Waals surface area contributed by atoms with E-state index in [9.17, 15) is 4.79 Å². The summed E-state index contributed by atoms with van der Waals surface area (Å²) in [5.74, 6) is 1.47. The molecule has 62 valence electrons. The Morgan fingerprint density at radius 1 is 1.58 bits per heavy atom. The molecule has 0 saturated heterocycles. The summed E-state index contributed by atoms with van der Waals surface area (Å²) in [5, 5.41) is 0. The number of rotatable bonds is 2. The summed E-state index contributed by atoms with van der Waals surface area (Å²) >= 11 is 0. The van der Waals surface area contributed by atoms with Gasteiger partial charge in [0.15, 0.2) is 11.5 Å². The Morgan fingerprint density at radius 3 is 3.17 bits per heavy atom. The van der Waals surface area contributed by atoms with E-state index in [1.807, 2.05) is 18.2 Å². The van der Waals surface area contributed by atoms with Crippen LogP contribution in [0.3, 0.4) is 0 Å². The minimum atomic E-state index is -0.237. The second kappa shape index (κ2) is 2.52. The van der Waals surface area contributed by atoms with Crippen molar-refractivity contribution in [3.8, 4) is 11.5 Å². The maximum absolute atomic E-state index is 10.9. The van der Waals surface area contributed by atoms with Crippen LogP contribution in [0.5, 0.6) is 11.5 Å². The molecular weight excluding hydrogens is 156 g/mol. The predicted octanol–water partition coefficient (Wildman–Crippen LogP) is 1.51. The number of ether oxygens (including phenoxy) is 2. The highest BCUT2D eigenvalue weighted by Crippen LogP contribution is 2.47. The molecule has 0 aliphatic carbocycles. The molecule has 0 fully saturated rings. The molecule has 1 heterocycles. The first-order valence-electron chi connectivity index (χ1n) is 3.68. The van der Waals surface area contributed by atoms with Crippen molar-refractivity contribution in [2.24, 2.45) is 0 Å². The van der Waals surface area contributed by atoms with Crippen molar-refractivity contribution in [1.82, 2.24) is 0 Å². The van der Waals surface area contributed by atoms with Gasteiger partial charge in [0.1, 0.15) is 0 Å². The fourth-order valence-corrected chi connectivity index (χ4v) is 1.11. The zero-order chi connectivity index (χ0) is 8.55. The topological polar surface area (TPSA) is 38.8 Å². The number of carbonyl (C=O) groups excluding carboxylic acids is 1. The summed E-state index contributed by atoms with van der Waals surface area (Å²) in [6, 6.07) is 5.60. The van der Waals surface area contributed by atoms with Gasteiger partial charge in [-0.15, -0.1) is 0 Å². The van der Waals surface area contributed by atoms with Gasteiger partial charge in [-0.3, -0.25) is 4.79 Å². The van der Waals surface area contributed by atoms with Crippen molar-refractivity contribution in [3.05, 3.63) is 23.8 Å². The number of para-hydroxylation sites is 1. The number of hydrogen-bond acceptors (Lipinski definition) is 3. The third-order valence-electron chi connectivity index (χ3n) is 1.79. The van der Waals surface area contributed by atoms with Crippen LogP contribution in [0.2, 0.25) is 0 Å². The van der Waals surface area contributed by atoms with Gasteiger partial charge in [-0.05, 0) is 6.07 Å². The largest absolute Gasteiger partial charge is 0.469 e. The van der Waals surface area contributed by atoms with Gasteiger partial charge in [-0.1, -0.05) is 12.1 Å². The van der Waals surface area contributed by atoms with Gasteiger partial charge in [-0.25, -0.2) is 0 Å². The highest BCUT2D eigenvalue weighted by atomic mass is 16.6. The molecular formula is C9H8O3. The molecule has 1 aromatic carbocycles. The van der Waals surface area contributed by atoms with E-state index in [0.29, 0.717) is 6.42 Å². The molecule has 1 aliphatic heterocycles. The average molecular weight is 164 g/mol. The van der Waals surface area contributed by atoms with Crippen LogP contribution in [0.25, 0.3) is 0 Å². The van der Waals surface area contributed by atoms with Crippen LogP contribution in [-0.4, -0.2) is 13.1 Å². The fraction of sp³-hybridized carbons (Fsp3) is 0.222. The summed E-state index contributed by atoms with van der Waals surface area (Å²) in [6.45, 7) is 0. The lowest BCUT2D eigenvalue weighted by atomic mass is 10.2. The van der Waals surface area contributed by atoms with Gasteiger partial charge in [0.25, 0.3) is 0 Å². The Kier molecular flexibility index (Phi) is 1.50. The lowest BCUT2D eigenvalue weighted by Gasteiger charge is -1.95. The normalized spacial score (nSPS) is 11.4. The third-order valence-corrected chi connectivity index (χ3v) is 1.79. The summed E-state index contributed by atoms with van der Waals surface area (Å²) < 4.78 is 9.64. The van der Waals surface area contributed by atoms with E-state index in [2.05, 4.69) is 4.74 Å². The first kappa shape index (κ1) is 7.16. The Bertz CT molecular complexity index is 331. The van der Waals surface area contributed by atoms with Crippen LogP contribution in [0.4, 0.5) is 0 Å². The maximum Gasteiger partial charge on any atom is 0.310 e. The van der Waals surface area contributed by atoms with E-state index in [1.165, 1.54) is 7.11 Å². The molecule has 3 heteroatoms. The molecule has 12 heavy (non-hydrogen) atoms. The second-order valence-corrected chi connectivity index (χ2v) is 2.60. The first-order valence-corrected chi connectivity index (χ1v) is 3.68. The van der Waals surface area contributed by atoms with Crippen molar-refractivity contribution < 1.29 is 14.3 Å². The molecule has 3 nitrogen and oxygen atoms in total. The van der Waals surface area contributed by atoms with Crippen LogP contribution in [0.15, 0.2) is 18.2 Å². The van der Waals surface area contributed by atoms with E-state index in [-0.39, 0.29) is 5.97 Å². The summed E-state index contributed by atoms with van der Waals surface area (Å²) in [5.41, 5.74) is 0.902. The Morgan fingerprint density at radius 2 is 2.42 bits per heavy atom. The molecule has 1 aromatic rings. The Hall–Kier alpha value is -1.51. The van der Waals surface area contributed by atoms with Crippen molar-refractivity contribution in [2.75, 3.05) is 7.11 Å². The molecule has 0 atom stereocenters. The minimum Gasteiger partial charge on any atom is -0.469 e. The summed E-state index contributed by atoms with van der Waals surface area (Å²) in [6.07, 6.45) is 0.291. The Balaban J connectivity index is 2.16. The standard InChI is InChI=1S/C9H8O3/c1-11-8(10)5-6-3-2-4-7-9(6)12-7/h2-4H,5H2,1H3. The number of methoxy groups -OCH3 is 1. The Labute approximate surface area is 69.9 Å². The van der Waals surface area contributed by atoms with Crippen LogP contribution in [-0.2, 0) is 16.0 Å². The number of fused-ring (bicyclic) bond motifs is 1. The van der Waals surface area contributed by atoms with Gasteiger partial charge in [0, 0.05) is 5.56 Å². The molecule has 0 radical (unpaired) electrons. The highest BCUT2D eigenvalue weighted by Gasteiger charge is 2.24. The SMILES string of the molecule is COC(=O)Cc1cccc2c1O2. The molecule has 0 N–H and O–H groups in total. The van der Waals surface area contributed by atoms with Crippen LogP contribution < -0.4 is 4.74 Å². The number of esters is 1. The monoisotopic (exact) mass is 164 g/mol. The highest BCUT2D eigenvalue weighted by molar-refractivity contribution is 5.75. The average Bonchev–Trinajstić information content (AvgIpc) is 2.84. The zero-order valence-corrected chi connectivity index (χ0v) is 6.66. The zero-order valence-electron chi connectivity index (χ0n) is 6.66. The molecule has 0 aromatic heterocycles. The van der Waals surface area contributed by atoms with E-state index < -0.39 is 0 Å². The van der Waals surface area contributed by atoms with Gasteiger partial charge in [-0.2, -0.15) is 0 Å². The molecule has 0 amide bonds. The predicted molar refractivity (Wildman–Crippen MR) is 42.2 cm³/mol. The summed E-state index contributed by atoms with van der Waals surface area (Å²) in [7, 11) is 1.38.